The van der Waals surface area contributed by atoms with Gasteiger partial charge in [0.1, 0.15) is 30.2 Å². The number of hydrogen-bond donors (Lipinski definition) is 13. The third kappa shape index (κ3) is 19.5. The predicted molar refractivity (Wildman–Crippen MR) is 239 cm³/mol. The number of aromatic amines is 1. The van der Waals surface area contributed by atoms with Gasteiger partial charge >= 0.3 is 5.97 Å². The van der Waals surface area contributed by atoms with Crippen molar-refractivity contribution in [2.45, 2.75) is 120 Å². The molecule has 0 radical (unpaired) electrons. The standard InChI is InChI=1S/C40H69N13O7S/c1-61-22-17-31(49-34(54)27(44)12-10-21-47-40(45)46)37(57)50-30(15-5-8-19-42)36(56)53-33(23-25-24-48-28-13-3-2-11-26(25)28)38(58)51-29(14-4-7-18-41)35(55)52-32(39(59)60)16-6-9-20-43/h2-3,11,13,24,27,29-33,48H,4-10,12,14-23,41-44H2,1H3,(H,49,54)(H,50,57)(H,51,58)(H,52,55)(H,53,56)(H,59,60)(H4,45,46,47). The summed E-state index contributed by atoms with van der Waals surface area (Å²) >= 11 is 1.47. The highest BCUT2D eigenvalue weighted by Crippen LogP contribution is 2.20. The van der Waals surface area contributed by atoms with E-state index in [9.17, 15) is 33.9 Å². The normalized spacial score (nSPS) is 14.1. The molecule has 0 aliphatic heterocycles. The number of nitrogens with zero attached hydrogens (tertiary/aromatic N) is 1. The van der Waals surface area contributed by atoms with Crippen LogP contribution in [0.15, 0.2) is 35.5 Å². The number of nitrogens with two attached hydrogens (primary N) is 6. The molecule has 19 N–H and O–H groups in total. The number of carboxylic acids is 1. The lowest BCUT2D eigenvalue weighted by Crippen LogP contribution is -2.59. The molecule has 0 bridgehead atoms. The maximum absolute atomic E-state index is 14.3. The van der Waals surface area contributed by atoms with Crippen LogP contribution >= 0.6 is 11.8 Å². The summed E-state index contributed by atoms with van der Waals surface area (Å²) in [4.78, 5) is 88.3. The van der Waals surface area contributed by atoms with Crippen LogP contribution in [-0.2, 0) is 35.2 Å². The number of nitrogens with one attached hydrogen (secondary N) is 6. The fourth-order valence-electron chi connectivity index (χ4n) is 6.53. The van der Waals surface area contributed by atoms with Crippen LogP contribution in [0.1, 0.15) is 82.6 Å². The van der Waals surface area contributed by atoms with Gasteiger partial charge in [-0.1, -0.05) is 18.2 Å². The molecule has 0 saturated heterocycles. The van der Waals surface area contributed by atoms with E-state index in [1.807, 2.05) is 30.5 Å². The molecule has 0 spiro atoms. The van der Waals surface area contributed by atoms with Crippen LogP contribution < -0.4 is 61.0 Å². The average molecular weight is 876 g/mol. The van der Waals surface area contributed by atoms with E-state index in [0.717, 1.165) is 10.9 Å². The summed E-state index contributed by atoms with van der Waals surface area (Å²) in [6, 6.07) is 0.688. The van der Waals surface area contributed by atoms with Crippen molar-refractivity contribution >= 4 is 64.1 Å². The van der Waals surface area contributed by atoms with Crippen LogP contribution in [0.3, 0.4) is 0 Å². The molecule has 2 rings (SSSR count). The van der Waals surface area contributed by atoms with Crippen LogP contribution in [0.2, 0.25) is 0 Å². The van der Waals surface area contributed by atoms with Gasteiger partial charge in [-0.05, 0) is 120 Å². The second-order valence-electron chi connectivity index (χ2n) is 14.9. The lowest BCUT2D eigenvalue weighted by Gasteiger charge is -2.27. The number of fused-ring (bicyclic) bond motifs is 1. The number of guanidine groups is 1. The van der Waals surface area contributed by atoms with Crippen molar-refractivity contribution in [2.75, 3.05) is 38.2 Å². The summed E-state index contributed by atoms with van der Waals surface area (Å²) in [5, 5.41) is 24.3. The highest BCUT2D eigenvalue weighted by molar-refractivity contribution is 7.98. The first-order valence-corrected chi connectivity index (χ1v) is 22.3. The van der Waals surface area contributed by atoms with Crippen molar-refractivity contribution in [1.29, 1.82) is 0 Å². The van der Waals surface area contributed by atoms with Gasteiger partial charge in [-0.15, -0.1) is 0 Å². The number of aromatic nitrogens is 1. The lowest BCUT2D eigenvalue weighted by molar-refractivity contribution is -0.142. The number of rotatable bonds is 32. The Morgan fingerprint density at radius 2 is 1.13 bits per heavy atom. The Morgan fingerprint density at radius 1 is 0.656 bits per heavy atom. The molecule has 61 heavy (non-hydrogen) atoms. The smallest absolute Gasteiger partial charge is 0.326 e. The van der Waals surface area contributed by atoms with E-state index in [2.05, 4.69) is 36.6 Å². The molecular weight excluding hydrogens is 807 g/mol. The van der Waals surface area contributed by atoms with Gasteiger partial charge in [0.15, 0.2) is 5.96 Å². The van der Waals surface area contributed by atoms with Gasteiger partial charge in [0, 0.05) is 30.1 Å². The van der Waals surface area contributed by atoms with Gasteiger partial charge in [-0.3, -0.25) is 29.0 Å². The number of carboxylic acid groups (broad SMARTS) is 1. The maximum Gasteiger partial charge on any atom is 0.326 e. The Hall–Kier alpha value is -4.96. The molecule has 1 aromatic carbocycles. The summed E-state index contributed by atoms with van der Waals surface area (Å²) < 4.78 is 0. The zero-order valence-corrected chi connectivity index (χ0v) is 36.1. The molecule has 6 atom stereocenters. The molecule has 1 heterocycles. The third-order valence-electron chi connectivity index (χ3n) is 10.0. The van der Waals surface area contributed by atoms with Crippen molar-refractivity contribution in [2.24, 2.45) is 39.4 Å². The molecule has 0 fully saturated rings. The summed E-state index contributed by atoms with van der Waals surface area (Å²) in [6.45, 7) is 1.32. The quantitative estimate of drug-likeness (QED) is 0.0232. The van der Waals surface area contributed by atoms with E-state index in [-0.39, 0.29) is 51.0 Å². The molecule has 0 aliphatic rings. The zero-order valence-electron chi connectivity index (χ0n) is 35.3. The Kier molecular flexibility index (Phi) is 25.1. The Balaban J connectivity index is 2.42. The summed E-state index contributed by atoms with van der Waals surface area (Å²) in [6.07, 6.45) is 8.01. The van der Waals surface area contributed by atoms with Gasteiger partial charge < -0.3 is 71.1 Å². The van der Waals surface area contributed by atoms with Crippen molar-refractivity contribution in [1.82, 2.24) is 31.6 Å². The van der Waals surface area contributed by atoms with Crippen molar-refractivity contribution in [3.63, 3.8) is 0 Å². The summed E-state index contributed by atoms with van der Waals surface area (Å²) in [5.41, 5.74) is 35.4. The topological polar surface area (TPSA) is 367 Å². The van der Waals surface area contributed by atoms with Crippen molar-refractivity contribution in [3.8, 4) is 0 Å². The number of H-pyrrole nitrogens is 1. The summed E-state index contributed by atoms with van der Waals surface area (Å²) in [5.74, 6) is -4.02. The number of carbonyl (C=O) groups is 6. The van der Waals surface area contributed by atoms with Crippen LogP contribution in [0.4, 0.5) is 0 Å². The zero-order chi connectivity index (χ0) is 45.2. The average Bonchev–Trinajstić information content (AvgIpc) is 3.64. The highest BCUT2D eigenvalue weighted by Gasteiger charge is 2.33. The van der Waals surface area contributed by atoms with E-state index >= 15 is 0 Å². The van der Waals surface area contributed by atoms with Crippen molar-refractivity contribution in [3.05, 3.63) is 36.0 Å². The number of aliphatic carboxylic acids is 1. The molecule has 1 aromatic heterocycles. The van der Waals surface area contributed by atoms with E-state index < -0.39 is 71.8 Å². The van der Waals surface area contributed by atoms with E-state index in [1.54, 1.807) is 6.20 Å². The van der Waals surface area contributed by atoms with Crippen LogP contribution in [0.25, 0.3) is 10.9 Å². The van der Waals surface area contributed by atoms with Gasteiger partial charge in [-0.2, -0.15) is 11.8 Å². The first kappa shape index (κ1) is 52.2. The molecule has 2 aromatic rings. The second-order valence-corrected chi connectivity index (χ2v) is 15.9. The van der Waals surface area contributed by atoms with Gasteiger partial charge in [-0.25, -0.2) is 4.79 Å². The number of hydrogen-bond acceptors (Lipinski definition) is 12. The summed E-state index contributed by atoms with van der Waals surface area (Å²) in [7, 11) is 0. The van der Waals surface area contributed by atoms with E-state index in [1.165, 1.54) is 11.8 Å². The fourth-order valence-corrected chi connectivity index (χ4v) is 7.00. The van der Waals surface area contributed by atoms with Gasteiger partial charge in [0.25, 0.3) is 0 Å². The number of unbranched alkanes of at least 4 members (excludes halogenated alkanes) is 3. The molecular formula is C40H69N13O7S. The predicted octanol–water partition coefficient (Wildman–Crippen LogP) is -1.26. The minimum Gasteiger partial charge on any atom is -0.480 e. The van der Waals surface area contributed by atoms with E-state index in [4.69, 9.17) is 34.4 Å². The fraction of sp³-hybridized carbons (Fsp3) is 0.625. The third-order valence-corrected chi connectivity index (χ3v) is 10.6. The van der Waals surface area contributed by atoms with Crippen LogP contribution in [0, 0.1) is 0 Å². The minimum atomic E-state index is -1.26. The molecule has 342 valence electrons. The molecule has 0 saturated carbocycles. The van der Waals surface area contributed by atoms with Gasteiger partial charge in [0.2, 0.25) is 29.5 Å². The number of amides is 5. The number of para-hydroxylation sites is 1. The monoisotopic (exact) mass is 876 g/mol. The first-order chi connectivity index (χ1) is 29.3. The highest BCUT2D eigenvalue weighted by atomic mass is 32.2. The SMILES string of the molecule is CSCCC(NC(=O)C(N)CCCN=C(N)N)C(=O)NC(CCCCN)C(=O)NC(Cc1c[nH]c2ccccc12)C(=O)NC(CCCCN)C(=O)NC(CCCCN)C(=O)O. The molecule has 6 unspecified atom stereocenters. The Labute approximate surface area is 362 Å². The van der Waals surface area contributed by atoms with Crippen molar-refractivity contribution < 1.29 is 33.9 Å². The number of benzene rings is 1. The number of aliphatic imine (C=N–C) groups is 1. The Morgan fingerprint density at radius 3 is 1.66 bits per heavy atom. The largest absolute Gasteiger partial charge is 0.480 e. The molecule has 21 heteroatoms. The number of carbonyl (C=O) groups excluding carboxylic acids is 5. The Bertz CT molecular complexity index is 1710. The lowest BCUT2D eigenvalue weighted by atomic mass is 10.0. The van der Waals surface area contributed by atoms with Crippen LogP contribution in [0.5, 0.6) is 0 Å². The molecule has 5 amide bonds. The minimum absolute atomic E-state index is 0.00743. The second kappa shape index (κ2) is 29.3. The molecule has 20 nitrogen and oxygen atoms in total. The number of thioether (sulfide) groups is 1. The molecule has 0 aliphatic carbocycles. The maximum atomic E-state index is 14.3. The van der Waals surface area contributed by atoms with Crippen LogP contribution in [-0.4, -0.2) is 126 Å². The van der Waals surface area contributed by atoms with Gasteiger partial charge in [0.05, 0.1) is 6.04 Å². The first-order valence-electron chi connectivity index (χ1n) is 21.0. The van der Waals surface area contributed by atoms with E-state index in [0.29, 0.717) is 75.9 Å².